The summed E-state index contributed by atoms with van der Waals surface area (Å²) in [6, 6.07) is 29.7. The Morgan fingerprint density at radius 1 is 0.731 bits per heavy atom. The smallest absolute Gasteiger partial charge is 0.0465 e. The standard InChI is InChI=1S/C24H18N2/c1-2-8-20(9-3-1)26-22-11-5-4-10-21(22)19-15-17-7-6-12-23-24(17)18(16-19)13-14-25-23/h1-16,25-26H. The van der Waals surface area contributed by atoms with Gasteiger partial charge in [0.25, 0.3) is 0 Å². The van der Waals surface area contributed by atoms with Gasteiger partial charge in [0.2, 0.25) is 0 Å². The van der Waals surface area contributed by atoms with Gasteiger partial charge in [0.1, 0.15) is 0 Å². The van der Waals surface area contributed by atoms with E-state index in [1.165, 1.54) is 33.2 Å². The summed E-state index contributed by atoms with van der Waals surface area (Å²) in [6.07, 6.45) is 4.15. The summed E-state index contributed by atoms with van der Waals surface area (Å²) in [4.78, 5) is 0. The van der Waals surface area contributed by atoms with E-state index < -0.39 is 0 Å². The fourth-order valence-corrected chi connectivity index (χ4v) is 3.61. The second kappa shape index (κ2) is 6.08. The van der Waals surface area contributed by atoms with Crippen LogP contribution < -0.4 is 10.6 Å². The van der Waals surface area contributed by atoms with Crippen LogP contribution in [0.4, 0.5) is 17.1 Å². The number of benzene rings is 4. The first-order valence-corrected chi connectivity index (χ1v) is 8.80. The Bertz CT molecular complexity index is 1130. The molecule has 1 heterocycles. The fourth-order valence-electron chi connectivity index (χ4n) is 3.61. The van der Waals surface area contributed by atoms with Crippen LogP contribution in [0.3, 0.4) is 0 Å². The van der Waals surface area contributed by atoms with Crippen molar-refractivity contribution in [3.8, 4) is 11.1 Å². The highest BCUT2D eigenvalue weighted by atomic mass is 14.9. The van der Waals surface area contributed by atoms with Crippen molar-refractivity contribution in [2.24, 2.45) is 0 Å². The molecular weight excluding hydrogens is 316 g/mol. The van der Waals surface area contributed by atoms with Crippen LogP contribution in [0.25, 0.3) is 28.0 Å². The fraction of sp³-hybridized carbons (Fsp3) is 0. The average Bonchev–Trinajstić information content (AvgIpc) is 2.70. The molecule has 124 valence electrons. The molecule has 0 spiro atoms. The Labute approximate surface area is 152 Å². The minimum Gasteiger partial charge on any atom is -0.361 e. The summed E-state index contributed by atoms with van der Waals surface area (Å²) in [5.74, 6) is 0. The Morgan fingerprint density at radius 2 is 1.58 bits per heavy atom. The summed E-state index contributed by atoms with van der Waals surface area (Å²) in [5.41, 5.74) is 7.04. The van der Waals surface area contributed by atoms with Gasteiger partial charge in [-0.05, 0) is 59.0 Å². The van der Waals surface area contributed by atoms with E-state index in [2.05, 4.69) is 83.4 Å². The second-order valence-corrected chi connectivity index (χ2v) is 6.48. The van der Waals surface area contributed by atoms with Gasteiger partial charge in [0, 0.05) is 34.2 Å². The first-order chi connectivity index (χ1) is 12.9. The van der Waals surface area contributed by atoms with Gasteiger partial charge in [-0.2, -0.15) is 0 Å². The zero-order chi connectivity index (χ0) is 17.3. The third-order valence-electron chi connectivity index (χ3n) is 4.80. The molecule has 0 fully saturated rings. The summed E-state index contributed by atoms with van der Waals surface area (Å²) in [6.45, 7) is 0. The number of nitrogens with one attached hydrogen (secondary N) is 2. The number of para-hydroxylation sites is 2. The molecule has 0 amide bonds. The molecule has 1 aliphatic rings. The largest absolute Gasteiger partial charge is 0.361 e. The number of hydrogen-bond donors (Lipinski definition) is 2. The van der Waals surface area contributed by atoms with Gasteiger partial charge in [-0.3, -0.25) is 0 Å². The maximum atomic E-state index is 3.55. The van der Waals surface area contributed by atoms with Gasteiger partial charge in [-0.1, -0.05) is 48.5 Å². The summed E-state index contributed by atoms with van der Waals surface area (Å²) in [5, 5.41) is 9.42. The normalized spacial score (nSPS) is 12.0. The van der Waals surface area contributed by atoms with Gasteiger partial charge >= 0.3 is 0 Å². The molecule has 26 heavy (non-hydrogen) atoms. The molecule has 5 rings (SSSR count). The highest BCUT2D eigenvalue weighted by Gasteiger charge is 2.12. The van der Waals surface area contributed by atoms with Crippen LogP contribution in [0.15, 0.2) is 91.1 Å². The third kappa shape index (κ3) is 2.52. The molecule has 1 aliphatic heterocycles. The molecule has 4 aromatic carbocycles. The number of rotatable bonds is 3. The lowest BCUT2D eigenvalue weighted by molar-refractivity contribution is 1.53. The van der Waals surface area contributed by atoms with Gasteiger partial charge in [-0.25, -0.2) is 0 Å². The van der Waals surface area contributed by atoms with Crippen LogP contribution in [0.5, 0.6) is 0 Å². The lowest BCUT2D eigenvalue weighted by atomic mass is 9.94. The Morgan fingerprint density at radius 3 is 2.50 bits per heavy atom. The van der Waals surface area contributed by atoms with Crippen LogP contribution in [-0.2, 0) is 0 Å². The van der Waals surface area contributed by atoms with Crippen molar-refractivity contribution in [1.29, 1.82) is 0 Å². The van der Waals surface area contributed by atoms with Crippen LogP contribution in [0, 0.1) is 0 Å². The molecule has 0 saturated carbocycles. The zero-order valence-corrected chi connectivity index (χ0v) is 14.2. The zero-order valence-electron chi connectivity index (χ0n) is 14.2. The van der Waals surface area contributed by atoms with Crippen LogP contribution in [0.2, 0.25) is 0 Å². The maximum Gasteiger partial charge on any atom is 0.0465 e. The van der Waals surface area contributed by atoms with Crippen molar-refractivity contribution in [1.82, 2.24) is 0 Å². The summed E-state index contributed by atoms with van der Waals surface area (Å²) < 4.78 is 0. The second-order valence-electron chi connectivity index (χ2n) is 6.48. The van der Waals surface area contributed by atoms with Crippen LogP contribution in [0.1, 0.15) is 5.56 Å². The Hall–Kier alpha value is -3.52. The van der Waals surface area contributed by atoms with E-state index in [0.29, 0.717) is 0 Å². The summed E-state index contributed by atoms with van der Waals surface area (Å²) >= 11 is 0. The van der Waals surface area contributed by atoms with Crippen molar-refractivity contribution >= 4 is 33.9 Å². The van der Waals surface area contributed by atoms with Crippen molar-refractivity contribution in [2.75, 3.05) is 10.6 Å². The van der Waals surface area contributed by atoms with Crippen LogP contribution in [-0.4, -0.2) is 0 Å². The number of anilines is 3. The quantitative estimate of drug-likeness (QED) is 0.438. The minimum absolute atomic E-state index is 1.09. The highest BCUT2D eigenvalue weighted by Crippen LogP contribution is 2.37. The van der Waals surface area contributed by atoms with E-state index in [-0.39, 0.29) is 0 Å². The van der Waals surface area contributed by atoms with Crippen molar-refractivity contribution in [3.05, 3.63) is 96.7 Å². The van der Waals surface area contributed by atoms with Crippen molar-refractivity contribution in [3.63, 3.8) is 0 Å². The van der Waals surface area contributed by atoms with Crippen molar-refractivity contribution in [2.45, 2.75) is 0 Å². The highest BCUT2D eigenvalue weighted by molar-refractivity contribution is 6.05. The van der Waals surface area contributed by atoms with E-state index in [9.17, 15) is 0 Å². The Kier molecular flexibility index (Phi) is 3.46. The molecule has 0 unspecified atom stereocenters. The molecule has 2 N–H and O–H groups in total. The molecule has 0 saturated heterocycles. The predicted octanol–water partition coefficient (Wildman–Crippen LogP) is 6.65. The average molecular weight is 334 g/mol. The lowest BCUT2D eigenvalue weighted by Gasteiger charge is -2.17. The molecule has 0 atom stereocenters. The van der Waals surface area contributed by atoms with Gasteiger partial charge < -0.3 is 10.6 Å². The monoisotopic (exact) mass is 334 g/mol. The molecule has 0 radical (unpaired) electrons. The van der Waals surface area contributed by atoms with Crippen molar-refractivity contribution < 1.29 is 0 Å². The Balaban J connectivity index is 1.66. The molecule has 0 aliphatic carbocycles. The molecule has 2 heteroatoms. The van der Waals surface area contributed by atoms with Gasteiger partial charge in [0.15, 0.2) is 0 Å². The minimum atomic E-state index is 1.09. The van der Waals surface area contributed by atoms with Gasteiger partial charge in [0.05, 0.1) is 0 Å². The van der Waals surface area contributed by atoms with E-state index in [4.69, 9.17) is 0 Å². The molecule has 0 aromatic heterocycles. The molecule has 0 bridgehead atoms. The third-order valence-corrected chi connectivity index (χ3v) is 4.80. The first-order valence-electron chi connectivity index (χ1n) is 8.80. The maximum absolute atomic E-state index is 3.55. The molecule has 4 aromatic rings. The topological polar surface area (TPSA) is 24.1 Å². The first kappa shape index (κ1) is 14.8. The SMILES string of the molecule is C1=Cc2cc(-c3ccccc3Nc3ccccc3)cc3cccc(c23)N1. The molecular formula is C24H18N2. The van der Waals surface area contributed by atoms with Crippen LogP contribution >= 0.6 is 0 Å². The van der Waals surface area contributed by atoms with Gasteiger partial charge in [-0.15, -0.1) is 0 Å². The number of hydrogen-bond acceptors (Lipinski definition) is 2. The van der Waals surface area contributed by atoms with E-state index in [0.717, 1.165) is 11.4 Å². The predicted molar refractivity (Wildman–Crippen MR) is 112 cm³/mol. The van der Waals surface area contributed by atoms with E-state index in [1.807, 2.05) is 24.4 Å². The lowest BCUT2D eigenvalue weighted by Crippen LogP contribution is -1.97. The molecule has 2 nitrogen and oxygen atoms in total. The van der Waals surface area contributed by atoms with E-state index in [1.54, 1.807) is 0 Å². The van der Waals surface area contributed by atoms with E-state index >= 15 is 0 Å². The summed E-state index contributed by atoms with van der Waals surface area (Å²) in [7, 11) is 0.